The molecule has 0 spiro atoms. The Hall–Kier alpha value is -2.60. The lowest BCUT2D eigenvalue weighted by Crippen LogP contribution is -2.53. The molecule has 2 heterocycles. The van der Waals surface area contributed by atoms with Gasteiger partial charge in [-0.1, -0.05) is 12.0 Å². The highest BCUT2D eigenvalue weighted by molar-refractivity contribution is 5.94. The Labute approximate surface area is 171 Å². The molecule has 1 aromatic carbocycles. The lowest BCUT2D eigenvalue weighted by molar-refractivity contribution is -0.115. The number of amides is 3. The number of terminal acetylenes is 1. The number of urea groups is 1. The SMILES string of the molecule is C#Cc1cccc(NC(=O)CNC(=O)NCC(C2CCOC2)N2CCOCC2)c1. The summed E-state index contributed by atoms with van der Waals surface area (Å²) in [6.45, 7) is 4.97. The van der Waals surface area contributed by atoms with Crippen molar-refractivity contribution in [3.8, 4) is 12.3 Å². The minimum absolute atomic E-state index is 0.124. The number of ether oxygens (including phenoxy) is 2. The summed E-state index contributed by atoms with van der Waals surface area (Å²) >= 11 is 0. The normalized spacial score (nSPS) is 20.4. The van der Waals surface area contributed by atoms with E-state index < -0.39 is 0 Å². The molecule has 3 N–H and O–H groups in total. The van der Waals surface area contributed by atoms with E-state index in [1.807, 2.05) is 0 Å². The number of hydrogen-bond acceptors (Lipinski definition) is 5. The van der Waals surface area contributed by atoms with Crippen LogP contribution in [0.1, 0.15) is 12.0 Å². The average molecular weight is 400 g/mol. The van der Waals surface area contributed by atoms with Crippen molar-refractivity contribution in [3.63, 3.8) is 0 Å². The van der Waals surface area contributed by atoms with E-state index in [0.29, 0.717) is 43.5 Å². The third kappa shape index (κ3) is 6.46. The zero-order chi connectivity index (χ0) is 20.5. The average Bonchev–Trinajstić information content (AvgIpc) is 3.28. The van der Waals surface area contributed by atoms with E-state index in [4.69, 9.17) is 15.9 Å². The number of rotatable bonds is 7. The van der Waals surface area contributed by atoms with Crippen molar-refractivity contribution in [2.75, 3.05) is 57.9 Å². The Morgan fingerprint density at radius 3 is 2.76 bits per heavy atom. The van der Waals surface area contributed by atoms with Crippen molar-refractivity contribution in [2.45, 2.75) is 12.5 Å². The maximum atomic E-state index is 12.2. The third-order valence-corrected chi connectivity index (χ3v) is 5.22. The quantitative estimate of drug-likeness (QED) is 0.585. The molecule has 2 fully saturated rings. The predicted molar refractivity (Wildman–Crippen MR) is 110 cm³/mol. The van der Waals surface area contributed by atoms with Crippen molar-refractivity contribution >= 4 is 17.6 Å². The van der Waals surface area contributed by atoms with Gasteiger partial charge in [0.05, 0.1) is 26.4 Å². The number of carbonyl (C=O) groups is 2. The van der Waals surface area contributed by atoms with Gasteiger partial charge in [-0.3, -0.25) is 9.69 Å². The molecule has 29 heavy (non-hydrogen) atoms. The minimum atomic E-state index is -0.366. The smallest absolute Gasteiger partial charge is 0.315 e. The van der Waals surface area contributed by atoms with Gasteiger partial charge in [0.15, 0.2) is 0 Å². The number of nitrogens with zero attached hydrogens (tertiary/aromatic N) is 1. The van der Waals surface area contributed by atoms with Crippen LogP contribution < -0.4 is 16.0 Å². The van der Waals surface area contributed by atoms with Gasteiger partial charge in [-0.2, -0.15) is 0 Å². The number of benzene rings is 1. The summed E-state index contributed by atoms with van der Waals surface area (Å²) < 4.78 is 11.0. The molecule has 8 heteroatoms. The van der Waals surface area contributed by atoms with Crippen LogP contribution >= 0.6 is 0 Å². The summed E-state index contributed by atoms with van der Waals surface area (Å²) in [4.78, 5) is 26.6. The first-order valence-corrected chi connectivity index (χ1v) is 9.93. The molecule has 156 valence electrons. The van der Waals surface area contributed by atoms with Crippen LogP contribution in [0.3, 0.4) is 0 Å². The summed E-state index contributed by atoms with van der Waals surface area (Å²) in [5, 5.41) is 8.22. The molecule has 3 rings (SSSR count). The topological polar surface area (TPSA) is 91.9 Å². The number of morpholine rings is 1. The van der Waals surface area contributed by atoms with Crippen molar-refractivity contribution < 1.29 is 19.1 Å². The van der Waals surface area contributed by atoms with Crippen LogP contribution in [0.15, 0.2) is 24.3 Å². The van der Waals surface area contributed by atoms with Gasteiger partial charge in [0.1, 0.15) is 0 Å². The van der Waals surface area contributed by atoms with Crippen LogP contribution in [0.5, 0.6) is 0 Å². The summed E-state index contributed by atoms with van der Waals surface area (Å²) in [7, 11) is 0. The first-order chi connectivity index (χ1) is 14.2. The Morgan fingerprint density at radius 2 is 2.03 bits per heavy atom. The summed E-state index contributed by atoms with van der Waals surface area (Å²) in [5.74, 6) is 2.59. The molecule has 3 amide bonds. The van der Waals surface area contributed by atoms with E-state index in [0.717, 1.165) is 26.1 Å². The van der Waals surface area contributed by atoms with Crippen molar-refractivity contribution in [1.29, 1.82) is 0 Å². The number of anilines is 1. The van der Waals surface area contributed by atoms with Crippen LogP contribution in [0.2, 0.25) is 0 Å². The molecule has 1 aromatic rings. The maximum Gasteiger partial charge on any atom is 0.315 e. The molecular weight excluding hydrogens is 372 g/mol. The van der Waals surface area contributed by atoms with Gasteiger partial charge in [0, 0.05) is 49.5 Å². The highest BCUT2D eigenvalue weighted by Crippen LogP contribution is 2.21. The Morgan fingerprint density at radius 1 is 1.21 bits per heavy atom. The first kappa shape index (κ1) is 21.1. The van der Waals surface area contributed by atoms with E-state index in [-0.39, 0.29) is 24.5 Å². The lowest BCUT2D eigenvalue weighted by Gasteiger charge is -2.37. The number of nitrogens with one attached hydrogen (secondary N) is 3. The van der Waals surface area contributed by atoms with Crippen molar-refractivity contribution in [2.24, 2.45) is 5.92 Å². The second-order valence-corrected chi connectivity index (χ2v) is 7.18. The summed E-state index contributed by atoms with van der Waals surface area (Å²) in [6.07, 6.45) is 6.35. The molecular formula is C21H28N4O4. The molecule has 2 atom stereocenters. The van der Waals surface area contributed by atoms with E-state index >= 15 is 0 Å². The highest BCUT2D eigenvalue weighted by Gasteiger charge is 2.31. The van der Waals surface area contributed by atoms with Gasteiger partial charge in [-0.05, 0) is 24.6 Å². The minimum Gasteiger partial charge on any atom is -0.381 e. The van der Waals surface area contributed by atoms with E-state index in [1.165, 1.54) is 0 Å². The molecule has 0 bridgehead atoms. The Bertz CT molecular complexity index is 736. The number of carbonyl (C=O) groups excluding carboxylic acids is 2. The summed E-state index contributed by atoms with van der Waals surface area (Å²) in [5.41, 5.74) is 1.28. The van der Waals surface area contributed by atoms with Gasteiger partial charge in [0.25, 0.3) is 0 Å². The Kier molecular flexibility index (Phi) is 7.87. The zero-order valence-electron chi connectivity index (χ0n) is 16.5. The molecule has 0 aliphatic carbocycles. The largest absolute Gasteiger partial charge is 0.381 e. The van der Waals surface area contributed by atoms with Crippen molar-refractivity contribution in [1.82, 2.24) is 15.5 Å². The second kappa shape index (κ2) is 10.8. The second-order valence-electron chi connectivity index (χ2n) is 7.18. The van der Waals surface area contributed by atoms with E-state index in [1.54, 1.807) is 24.3 Å². The Balaban J connectivity index is 1.43. The van der Waals surface area contributed by atoms with Gasteiger partial charge in [0.2, 0.25) is 5.91 Å². The monoisotopic (exact) mass is 400 g/mol. The zero-order valence-corrected chi connectivity index (χ0v) is 16.5. The predicted octanol–water partition coefficient (Wildman–Crippen LogP) is 0.643. The first-order valence-electron chi connectivity index (χ1n) is 9.93. The fourth-order valence-corrected chi connectivity index (χ4v) is 3.67. The maximum absolute atomic E-state index is 12.2. The van der Waals surface area contributed by atoms with Crippen LogP contribution in [-0.4, -0.2) is 75.5 Å². The fraction of sp³-hybridized carbons (Fsp3) is 0.524. The van der Waals surface area contributed by atoms with Crippen molar-refractivity contribution in [3.05, 3.63) is 29.8 Å². The van der Waals surface area contributed by atoms with Gasteiger partial charge < -0.3 is 25.4 Å². The fourth-order valence-electron chi connectivity index (χ4n) is 3.67. The highest BCUT2D eigenvalue weighted by atomic mass is 16.5. The third-order valence-electron chi connectivity index (χ3n) is 5.22. The molecule has 0 radical (unpaired) electrons. The molecule has 0 saturated carbocycles. The van der Waals surface area contributed by atoms with Gasteiger partial charge in [-0.15, -0.1) is 6.42 Å². The van der Waals surface area contributed by atoms with E-state index in [2.05, 4.69) is 26.8 Å². The standard InChI is InChI=1S/C21H28N4O4/c1-2-16-4-3-5-18(12-16)24-20(26)14-23-21(27)22-13-19(17-6-9-29-15-17)25-7-10-28-11-8-25/h1,3-5,12,17,19H,6-11,13-15H2,(H,24,26)(H2,22,23,27). The van der Waals surface area contributed by atoms with E-state index in [9.17, 15) is 9.59 Å². The summed E-state index contributed by atoms with van der Waals surface area (Å²) in [6, 6.07) is 6.83. The van der Waals surface area contributed by atoms with Crippen LogP contribution in [0.4, 0.5) is 10.5 Å². The molecule has 8 nitrogen and oxygen atoms in total. The van der Waals surface area contributed by atoms with Gasteiger partial charge >= 0.3 is 6.03 Å². The van der Waals surface area contributed by atoms with Gasteiger partial charge in [-0.25, -0.2) is 4.79 Å². The van der Waals surface area contributed by atoms with Crippen LogP contribution in [0, 0.1) is 18.3 Å². The molecule has 2 aliphatic rings. The lowest BCUT2D eigenvalue weighted by atomic mass is 9.97. The molecule has 2 aliphatic heterocycles. The van der Waals surface area contributed by atoms with Crippen LogP contribution in [0.25, 0.3) is 0 Å². The molecule has 2 saturated heterocycles. The number of hydrogen-bond donors (Lipinski definition) is 3. The van der Waals surface area contributed by atoms with Crippen LogP contribution in [-0.2, 0) is 14.3 Å². The molecule has 2 unspecified atom stereocenters. The molecule has 0 aromatic heterocycles.